The number of piperazine rings is 1. The summed E-state index contributed by atoms with van der Waals surface area (Å²) in [5.41, 5.74) is 0.0300. The van der Waals surface area contributed by atoms with E-state index in [0.29, 0.717) is 13.1 Å². The molecule has 1 amide bonds. The first-order valence-corrected chi connectivity index (χ1v) is 11.1. The van der Waals surface area contributed by atoms with E-state index in [9.17, 15) is 17.6 Å². The van der Waals surface area contributed by atoms with Crippen molar-refractivity contribution in [3.8, 4) is 0 Å². The summed E-state index contributed by atoms with van der Waals surface area (Å²) in [6.07, 6.45) is 3.84. The Labute approximate surface area is 169 Å². The summed E-state index contributed by atoms with van der Waals surface area (Å²) in [6.45, 7) is 1.96. The number of amides is 1. The average Bonchev–Trinajstić information content (AvgIpc) is 2.94. The van der Waals surface area contributed by atoms with Crippen molar-refractivity contribution in [3.63, 3.8) is 0 Å². The molecular weight excluding hydrogens is 416 g/mol. The molecule has 1 aromatic rings. The minimum absolute atomic E-state index is 0.0300. The molecule has 10 heteroatoms. The Morgan fingerprint density at radius 3 is 2.00 bits per heavy atom. The third-order valence-electron chi connectivity index (χ3n) is 4.98. The van der Waals surface area contributed by atoms with Gasteiger partial charge in [0.05, 0.1) is 15.6 Å². The maximum absolute atomic E-state index is 13.7. The van der Waals surface area contributed by atoms with E-state index < -0.39 is 21.9 Å². The van der Waals surface area contributed by atoms with Crippen molar-refractivity contribution < 1.29 is 17.6 Å². The Balaban J connectivity index is 1.66. The van der Waals surface area contributed by atoms with Crippen molar-refractivity contribution in [1.29, 1.82) is 0 Å². The lowest BCUT2D eigenvalue weighted by Gasteiger charge is -2.36. The maximum atomic E-state index is 13.7. The van der Waals surface area contributed by atoms with Gasteiger partial charge in [0, 0.05) is 39.3 Å². The van der Waals surface area contributed by atoms with Crippen LogP contribution in [0.5, 0.6) is 0 Å². The Morgan fingerprint density at radius 1 is 0.852 bits per heavy atom. The molecule has 6 nitrogen and oxygen atoms in total. The van der Waals surface area contributed by atoms with Gasteiger partial charge in [0.15, 0.2) is 0 Å². The highest BCUT2D eigenvalue weighted by Crippen LogP contribution is 2.26. The van der Waals surface area contributed by atoms with E-state index in [1.807, 2.05) is 0 Å². The summed E-state index contributed by atoms with van der Waals surface area (Å²) in [5, 5.41) is -0.0732. The van der Waals surface area contributed by atoms with Gasteiger partial charge in [-0.05, 0) is 25.0 Å². The normalized spacial score (nSPS) is 20.5. The van der Waals surface area contributed by atoms with Crippen LogP contribution in [0.15, 0.2) is 12.1 Å². The van der Waals surface area contributed by atoms with Gasteiger partial charge in [0.1, 0.15) is 5.82 Å². The Kier molecular flexibility index (Phi) is 6.63. The van der Waals surface area contributed by atoms with Gasteiger partial charge in [-0.3, -0.25) is 4.79 Å². The molecule has 0 spiro atoms. The lowest BCUT2D eigenvalue weighted by Crippen LogP contribution is -2.54. The smallest absolute Gasteiger partial charge is 0.282 e. The van der Waals surface area contributed by atoms with Crippen LogP contribution < -0.4 is 0 Å². The maximum Gasteiger partial charge on any atom is 0.282 e. The molecule has 0 unspecified atom stereocenters. The number of hydrogen-bond acceptors (Lipinski definition) is 3. The third kappa shape index (κ3) is 4.56. The average molecular weight is 438 g/mol. The van der Waals surface area contributed by atoms with Crippen LogP contribution >= 0.6 is 23.2 Å². The van der Waals surface area contributed by atoms with E-state index in [1.165, 1.54) is 15.3 Å². The summed E-state index contributed by atoms with van der Waals surface area (Å²) in [4.78, 5) is 14.1. The van der Waals surface area contributed by atoms with Crippen LogP contribution in [0.2, 0.25) is 10.0 Å². The second-order valence-corrected chi connectivity index (χ2v) is 9.50. The highest BCUT2D eigenvalue weighted by molar-refractivity contribution is 7.86. The molecule has 0 N–H and O–H groups in total. The molecule has 1 aromatic carbocycles. The third-order valence-corrected chi connectivity index (χ3v) is 7.62. The van der Waals surface area contributed by atoms with Crippen molar-refractivity contribution in [1.82, 2.24) is 13.5 Å². The van der Waals surface area contributed by atoms with Crippen molar-refractivity contribution >= 4 is 39.3 Å². The molecule has 0 aromatic heterocycles. The van der Waals surface area contributed by atoms with Gasteiger partial charge in [-0.2, -0.15) is 17.0 Å². The number of halogens is 3. The molecule has 0 saturated carbocycles. The van der Waals surface area contributed by atoms with E-state index >= 15 is 0 Å². The van der Waals surface area contributed by atoms with Crippen molar-refractivity contribution in [2.45, 2.75) is 25.7 Å². The predicted molar refractivity (Wildman–Crippen MR) is 103 cm³/mol. The van der Waals surface area contributed by atoms with Gasteiger partial charge < -0.3 is 4.90 Å². The molecule has 150 valence electrons. The zero-order valence-electron chi connectivity index (χ0n) is 14.8. The van der Waals surface area contributed by atoms with Gasteiger partial charge in [0.2, 0.25) is 0 Å². The summed E-state index contributed by atoms with van der Waals surface area (Å²) in [6, 6.07) is 2.22. The molecule has 2 aliphatic rings. The summed E-state index contributed by atoms with van der Waals surface area (Å²) < 4.78 is 42.3. The quantitative estimate of drug-likeness (QED) is 0.682. The topological polar surface area (TPSA) is 60.9 Å². The first kappa shape index (κ1) is 20.8. The zero-order valence-corrected chi connectivity index (χ0v) is 17.2. The second kappa shape index (κ2) is 8.61. The molecule has 0 aliphatic carbocycles. The van der Waals surface area contributed by atoms with E-state index in [-0.39, 0.29) is 41.8 Å². The number of benzene rings is 1. The molecule has 0 atom stereocenters. The lowest BCUT2D eigenvalue weighted by molar-refractivity contribution is 0.0693. The standard InChI is InChI=1S/C17H22Cl2FN3O3S/c18-14-12-15(19)16(20)11-13(14)17(24)21-7-9-23(10-8-21)27(25,26)22-5-3-1-2-4-6-22/h11-12H,1-10H2. The van der Waals surface area contributed by atoms with E-state index in [1.54, 1.807) is 4.31 Å². The summed E-state index contributed by atoms with van der Waals surface area (Å²) >= 11 is 11.7. The lowest BCUT2D eigenvalue weighted by atomic mass is 10.1. The van der Waals surface area contributed by atoms with Crippen molar-refractivity contribution in [3.05, 3.63) is 33.6 Å². The Morgan fingerprint density at radius 2 is 1.41 bits per heavy atom. The molecule has 2 saturated heterocycles. The largest absolute Gasteiger partial charge is 0.336 e. The van der Waals surface area contributed by atoms with Crippen LogP contribution in [-0.4, -0.2) is 67.1 Å². The molecular formula is C17H22Cl2FN3O3S. The van der Waals surface area contributed by atoms with Crippen LogP contribution in [0.3, 0.4) is 0 Å². The van der Waals surface area contributed by atoms with Gasteiger partial charge in [-0.25, -0.2) is 4.39 Å². The number of carbonyl (C=O) groups is 1. The van der Waals surface area contributed by atoms with Gasteiger partial charge in [0.25, 0.3) is 16.1 Å². The number of nitrogens with zero attached hydrogens (tertiary/aromatic N) is 3. The highest BCUT2D eigenvalue weighted by Gasteiger charge is 2.34. The molecule has 2 heterocycles. The van der Waals surface area contributed by atoms with E-state index in [0.717, 1.165) is 31.7 Å². The molecule has 0 bridgehead atoms. The van der Waals surface area contributed by atoms with Crippen molar-refractivity contribution in [2.24, 2.45) is 0 Å². The van der Waals surface area contributed by atoms with Crippen molar-refractivity contribution in [2.75, 3.05) is 39.3 Å². The molecule has 27 heavy (non-hydrogen) atoms. The van der Waals surface area contributed by atoms with Gasteiger partial charge >= 0.3 is 0 Å². The summed E-state index contributed by atoms with van der Waals surface area (Å²) in [5.74, 6) is -1.14. The fourth-order valence-electron chi connectivity index (χ4n) is 3.41. The van der Waals surface area contributed by atoms with Crippen LogP contribution in [0.1, 0.15) is 36.0 Å². The first-order chi connectivity index (χ1) is 12.8. The van der Waals surface area contributed by atoms with Gasteiger partial charge in [-0.1, -0.05) is 36.0 Å². The van der Waals surface area contributed by atoms with Gasteiger partial charge in [-0.15, -0.1) is 0 Å². The van der Waals surface area contributed by atoms with Crippen LogP contribution in [-0.2, 0) is 10.2 Å². The molecule has 0 radical (unpaired) electrons. The molecule has 3 rings (SSSR count). The van der Waals surface area contributed by atoms with E-state index in [4.69, 9.17) is 23.2 Å². The highest BCUT2D eigenvalue weighted by atomic mass is 35.5. The minimum Gasteiger partial charge on any atom is -0.336 e. The molecule has 2 aliphatic heterocycles. The van der Waals surface area contributed by atoms with Crippen LogP contribution in [0.25, 0.3) is 0 Å². The number of rotatable bonds is 3. The fraction of sp³-hybridized carbons (Fsp3) is 0.588. The first-order valence-electron chi connectivity index (χ1n) is 9.00. The Hall–Kier alpha value is -0.930. The minimum atomic E-state index is -3.52. The number of hydrogen-bond donors (Lipinski definition) is 0. The number of carbonyl (C=O) groups excluding carboxylic acids is 1. The Bertz CT molecular complexity index is 806. The monoisotopic (exact) mass is 437 g/mol. The van der Waals surface area contributed by atoms with Crippen LogP contribution in [0, 0.1) is 5.82 Å². The molecule has 2 fully saturated rings. The second-order valence-electron chi connectivity index (χ2n) is 6.76. The fourth-order valence-corrected chi connectivity index (χ4v) is 5.55. The summed E-state index contributed by atoms with van der Waals surface area (Å²) in [7, 11) is -3.52. The van der Waals surface area contributed by atoms with Crippen LogP contribution in [0.4, 0.5) is 4.39 Å². The zero-order chi connectivity index (χ0) is 19.6. The van der Waals surface area contributed by atoms with E-state index in [2.05, 4.69) is 0 Å². The SMILES string of the molecule is O=C(c1cc(F)c(Cl)cc1Cl)N1CCN(S(=O)(=O)N2CCCCCC2)CC1. The predicted octanol–water partition coefficient (Wildman–Crippen LogP) is 3.01.